The second-order valence-electron chi connectivity index (χ2n) is 7.53. The van der Waals surface area contributed by atoms with E-state index in [-0.39, 0.29) is 18.7 Å². The van der Waals surface area contributed by atoms with Crippen molar-refractivity contribution in [3.8, 4) is 0 Å². The average Bonchev–Trinajstić information content (AvgIpc) is 2.58. The van der Waals surface area contributed by atoms with Crippen LogP contribution in [0.4, 0.5) is 0 Å². The van der Waals surface area contributed by atoms with Crippen LogP contribution < -0.4 is 5.32 Å². The summed E-state index contributed by atoms with van der Waals surface area (Å²) in [5, 5.41) is 27.3. The molecule has 1 aromatic rings. The average molecular weight is 395 g/mol. The lowest BCUT2D eigenvalue weighted by atomic mass is 9.98. The Hall–Kier alpha value is -2.65. The van der Waals surface area contributed by atoms with Gasteiger partial charge in [-0.1, -0.05) is 6.42 Å². The number of hydrogen-bond donors (Lipinski definition) is 2. The molecule has 0 bridgehead atoms. The Morgan fingerprint density at radius 2 is 1.75 bits per heavy atom. The van der Waals surface area contributed by atoms with Crippen molar-refractivity contribution in [2.45, 2.75) is 71.8 Å². The van der Waals surface area contributed by atoms with Crippen molar-refractivity contribution in [2.75, 3.05) is 6.54 Å². The van der Waals surface area contributed by atoms with E-state index < -0.39 is 23.5 Å². The molecule has 1 unspecified atom stereocenters. The van der Waals surface area contributed by atoms with Crippen LogP contribution in [0.3, 0.4) is 0 Å². The molecular weight excluding hydrogens is 366 g/mol. The number of esters is 1. The number of carbonyl (C=O) groups is 3. The Morgan fingerprint density at radius 1 is 1.11 bits per heavy atom. The van der Waals surface area contributed by atoms with Gasteiger partial charge in [-0.2, -0.15) is 0 Å². The van der Waals surface area contributed by atoms with Crippen LogP contribution in [-0.2, 0) is 25.5 Å². The van der Waals surface area contributed by atoms with E-state index in [1.54, 1.807) is 27.7 Å². The van der Waals surface area contributed by atoms with Gasteiger partial charge in [0.2, 0.25) is 5.91 Å². The maximum absolute atomic E-state index is 11.8. The predicted molar refractivity (Wildman–Crippen MR) is 99.1 cm³/mol. The number of aromatic nitrogens is 4. The zero-order valence-electron chi connectivity index (χ0n) is 16.9. The molecular formula is C18H29N5O5. The summed E-state index contributed by atoms with van der Waals surface area (Å²) in [6.07, 6.45) is 1.96. The normalized spacial score (nSPS) is 12.3. The van der Waals surface area contributed by atoms with Crippen molar-refractivity contribution in [3.63, 3.8) is 0 Å². The lowest BCUT2D eigenvalue weighted by Crippen LogP contribution is -2.27. The number of aliphatic carboxylic acids is 1. The van der Waals surface area contributed by atoms with Gasteiger partial charge in [-0.25, -0.2) is 0 Å². The van der Waals surface area contributed by atoms with Crippen LogP contribution in [0.15, 0.2) is 0 Å². The molecule has 10 heteroatoms. The first-order chi connectivity index (χ1) is 13.1. The van der Waals surface area contributed by atoms with Gasteiger partial charge in [0.15, 0.2) is 11.6 Å². The number of carboxylic acids is 1. The third-order valence-electron chi connectivity index (χ3n) is 3.68. The van der Waals surface area contributed by atoms with Gasteiger partial charge in [-0.15, -0.1) is 20.4 Å². The lowest BCUT2D eigenvalue weighted by molar-refractivity contribution is -0.160. The summed E-state index contributed by atoms with van der Waals surface area (Å²) in [6, 6.07) is 0. The van der Waals surface area contributed by atoms with Crippen LogP contribution in [0, 0.1) is 12.8 Å². The third-order valence-corrected chi connectivity index (χ3v) is 3.68. The van der Waals surface area contributed by atoms with Gasteiger partial charge < -0.3 is 15.2 Å². The van der Waals surface area contributed by atoms with E-state index in [0.717, 1.165) is 0 Å². The monoisotopic (exact) mass is 395 g/mol. The molecule has 0 aromatic carbocycles. The van der Waals surface area contributed by atoms with Gasteiger partial charge in [-0.3, -0.25) is 14.4 Å². The zero-order valence-corrected chi connectivity index (χ0v) is 16.9. The first-order valence-electron chi connectivity index (χ1n) is 9.31. The third kappa shape index (κ3) is 10.5. The minimum Gasteiger partial charge on any atom is -0.481 e. The molecule has 0 aliphatic rings. The van der Waals surface area contributed by atoms with Crippen molar-refractivity contribution in [3.05, 3.63) is 11.6 Å². The maximum atomic E-state index is 11.8. The van der Waals surface area contributed by atoms with Crippen LogP contribution >= 0.6 is 0 Å². The van der Waals surface area contributed by atoms with E-state index in [9.17, 15) is 19.5 Å². The number of unbranched alkanes of at least 4 members (excludes halogenated alkanes) is 1. The Kier molecular flexibility index (Phi) is 9.40. The number of ether oxygens (including phenoxy) is 1. The number of aryl methyl sites for hydroxylation is 2. The van der Waals surface area contributed by atoms with E-state index in [4.69, 9.17) is 4.74 Å². The van der Waals surface area contributed by atoms with Gasteiger partial charge in [-0.05, 0) is 40.5 Å². The fourth-order valence-electron chi connectivity index (χ4n) is 2.35. The highest BCUT2D eigenvalue weighted by Crippen LogP contribution is 2.17. The Balaban J connectivity index is 2.22. The number of hydrogen-bond acceptors (Lipinski definition) is 8. The number of carbonyl (C=O) groups excluding carboxylic acids is 2. The molecule has 1 rings (SSSR count). The Labute approximate surface area is 164 Å². The molecule has 0 fully saturated rings. The largest absolute Gasteiger partial charge is 0.481 e. The standard InChI is InChI=1S/C18H29N5O5/c1-12-20-22-14(23-21-12)8-9-15(24)19-10-6-5-7-13(17(26)27)11-16(25)28-18(2,3)4/h13H,5-11H2,1-4H3,(H,19,24)(H,26,27). The highest BCUT2D eigenvalue weighted by molar-refractivity contribution is 5.79. The predicted octanol–water partition coefficient (Wildman–Crippen LogP) is 1.23. The quantitative estimate of drug-likeness (QED) is 0.417. The number of amides is 1. The van der Waals surface area contributed by atoms with Gasteiger partial charge >= 0.3 is 11.9 Å². The van der Waals surface area contributed by atoms with Crippen molar-refractivity contribution >= 4 is 17.8 Å². The molecule has 0 saturated heterocycles. The molecule has 1 aromatic heterocycles. The lowest BCUT2D eigenvalue weighted by Gasteiger charge is -2.21. The number of carboxylic acid groups (broad SMARTS) is 1. The van der Waals surface area contributed by atoms with E-state index in [2.05, 4.69) is 25.7 Å². The smallest absolute Gasteiger partial charge is 0.307 e. The number of nitrogens with one attached hydrogen (secondary N) is 1. The fraction of sp³-hybridized carbons (Fsp3) is 0.722. The van der Waals surface area contributed by atoms with Crippen LogP contribution in [0.2, 0.25) is 0 Å². The minimum absolute atomic E-state index is 0.146. The van der Waals surface area contributed by atoms with Crippen molar-refractivity contribution in [1.29, 1.82) is 0 Å². The topological polar surface area (TPSA) is 144 Å². The van der Waals surface area contributed by atoms with Crippen LogP contribution in [0.25, 0.3) is 0 Å². The number of rotatable bonds is 11. The van der Waals surface area contributed by atoms with E-state index in [0.29, 0.717) is 43.9 Å². The first kappa shape index (κ1) is 23.4. The van der Waals surface area contributed by atoms with Crippen LogP contribution in [-0.4, -0.2) is 55.5 Å². The molecule has 2 N–H and O–H groups in total. The summed E-state index contributed by atoms with van der Waals surface area (Å²) < 4.78 is 5.17. The molecule has 0 spiro atoms. The Morgan fingerprint density at radius 3 is 2.32 bits per heavy atom. The summed E-state index contributed by atoms with van der Waals surface area (Å²) in [5.74, 6) is -1.59. The van der Waals surface area contributed by atoms with Crippen molar-refractivity contribution in [1.82, 2.24) is 25.7 Å². The second-order valence-corrected chi connectivity index (χ2v) is 7.53. The second kappa shape index (κ2) is 11.3. The molecule has 1 heterocycles. The molecule has 1 amide bonds. The molecule has 0 aliphatic carbocycles. The van der Waals surface area contributed by atoms with Gasteiger partial charge in [0, 0.05) is 19.4 Å². The van der Waals surface area contributed by atoms with Gasteiger partial charge in [0.05, 0.1) is 12.3 Å². The van der Waals surface area contributed by atoms with Crippen LogP contribution in [0.1, 0.15) is 64.5 Å². The van der Waals surface area contributed by atoms with E-state index in [1.165, 1.54) is 0 Å². The summed E-state index contributed by atoms with van der Waals surface area (Å²) in [6.45, 7) is 7.33. The summed E-state index contributed by atoms with van der Waals surface area (Å²) in [5.41, 5.74) is -0.639. The molecule has 156 valence electrons. The number of nitrogens with zero attached hydrogens (tertiary/aromatic N) is 4. The highest BCUT2D eigenvalue weighted by Gasteiger charge is 2.24. The van der Waals surface area contributed by atoms with Gasteiger partial charge in [0.1, 0.15) is 5.60 Å². The summed E-state index contributed by atoms with van der Waals surface area (Å²) in [4.78, 5) is 34.9. The van der Waals surface area contributed by atoms with Crippen LogP contribution in [0.5, 0.6) is 0 Å². The van der Waals surface area contributed by atoms with E-state index >= 15 is 0 Å². The highest BCUT2D eigenvalue weighted by atomic mass is 16.6. The molecule has 0 radical (unpaired) electrons. The zero-order chi connectivity index (χ0) is 21.2. The van der Waals surface area contributed by atoms with Crippen molar-refractivity contribution in [2.24, 2.45) is 5.92 Å². The van der Waals surface area contributed by atoms with E-state index in [1.807, 2.05) is 0 Å². The maximum Gasteiger partial charge on any atom is 0.307 e. The summed E-state index contributed by atoms with van der Waals surface area (Å²) >= 11 is 0. The SMILES string of the molecule is Cc1nnc(CCC(=O)NCCCCC(CC(=O)OC(C)(C)C)C(=O)O)nn1. The van der Waals surface area contributed by atoms with Crippen molar-refractivity contribution < 1.29 is 24.2 Å². The molecule has 28 heavy (non-hydrogen) atoms. The molecule has 1 atom stereocenters. The first-order valence-corrected chi connectivity index (χ1v) is 9.31. The fourth-order valence-corrected chi connectivity index (χ4v) is 2.35. The van der Waals surface area contributed by atoms with Gasteiger partial charge in [0.25, 0.3) is 0 Å². The molecule has 10 nitrogen and oxygen atoms in total. The Bertz CT molecular complexity index is 657. The summed E-state index contributed by atoms with van der Waals surface area (Å²) in [7, 11) is 0. The molecule has 0 aliphatic heterocycles. The molecule has 0 saturated carbocycles. The minimum atomic E-state index is -1.02.